The van der Waals surface area contributed by atoms with Crippen LogP contribution >= 0.6 is 34.5 Å². The summed E-state index contributed by atoms with van der Waals surface area (Å²) in [6.45, 7) is 4.60. The predicted molar refractivity (Wildman–Crippen MR) is 141 cm³/mol. The molecule has 36 heavy (non-hydrogen) atoms. The Hall–Kier alpha value is -2.74. The molecule has 0 N–H and O–H groups in total. The van der Waals surface area contributed by atoms with Gasteiger partial charge in [-0.2, -0.15) is 0 Å². The summed E-state index contributed by atoms with van der Waals surface area (Å²) < 4.78 is 10.8. The summed E-state index contributed by atoms with van der Waals surface area (Å²) in [5.41, 5.74) is 2.36. The van der Waals surface area contributed by atoms with E-state index in [-0.39, 0.29) is 37.2 Å². The molecule has 2 amide bonds. The van der Waals surface area contributed by atoms with E-state index >= 15 is 0 Å². The predicted octanol–water partition coefficient (Wildman–Crippen LogP) is 6.20. The number of hydrogen-bond acceptors (Lipinski definition) is 5. The zero-order chi connectivity index (χ0) is 25.4. The van der Waals surface area contributed by atoms with Gasteiger partial charge in [0.05, 0.1) is 6.04 Å². The molecule has 3 heterocycles. The van der Waals surface area contributed by atoms with Gasteiger partial charge in [0.2, 0.25) is 12.7 Å². The summed E-state index contributed by atoms with van der Waals surface area (Å²) in [7, 11) is 0. The number of benzene rings is 2. The number of hydrogen-bond donors (Lipinski definition) is 0. The highest BCUT2D eigenvalue weighted by molar-refractivity contribution is 7.10. The van der Waals surface area contributed by atoms with Crippen molar-refractivity contribution in [3.05, 3.63) is 79.5 Å². The van der Waals surface area contributed by atoms with E-state index < -0.39 is 0 Å². The van der Waals surface area contributed by atoms with Crippen molar-refractivity contribution >= 4 is 46.4 Å². The van der Waals surface area contributed by atoms with Gasteiger partial charge in [0.25, 0.3) is 5.91 Å². The molecule has 0 fully saturated rings. The molecule has 2 aliphatic heterocycles. The fraction of sp³-hybridized carbons (Fsp3) is 0.333. The molecule has 2 unspecified atom stereocenters. The standard InChI is InChI=1S/C27H26Cl2N2O4S/c1-3-16(2)31(27(33)17-4-7-22-23(12-17)35-15-34-22)14-25(32)30-10-8-24-20(9-11-36-24)26(30)19-6-5-18(28)13-21(19)29/h4-7,9,11-13,16,26H,3,8,10,14-15H2,1-2H3. The highest BCUT2D eigenvalue weighted by Crippen LogP contribution is 2.41. The molecule has 9 heteroatoms. The number of thiophene rings is 1. The number of nitrogens with zero attached hydrogens (tertiary/aromatic N) is 2. The second-order valence-electron chi connectivity index (χ2n) is 8.96. The lowest BCUT2D eigenvalue weighted by atomic mass is 9.93. The summed E-state index contributed by atoms with van der Waals surface area (Å²) >= 11 is 14.5. The number of carbonyl (C=O) groups excluding carboxylic acids is 2. The topological polar surface area (TPSA) is 59.1 Å². The monoisotopic (exact) mass is 544 g/mol. The molecule has 188 valence electrons. The van der Waals surface area contributed by atoms with Crippen molar-refractivity contribution in [2.24, 2.45) is 0 Å². The van der Waals surface area contributed by atoms with Gasteiger partial charge >= 0.3 is 0 Å². The van der Waals surface area contributed by atoms with Gasteiger partial charge in [-0.05, 0) is 72.7 Å². The normalized spacial score (nSPS) is 17.0. The summed E-state index contributed by atoms with van der Waals surface area (Å²) in [6, 6.07) is 12.1. The summed E-state index contributed by atoms with van der Waals surface area (Å²) in [5, 5.41) is 3.10. The minimum atomic E-state index is -0.336. The van der Waals surface area contributed by atoms with Gasteiger partial charge in [-0.25, -0.2) is 0 Å². The summed E-state index contributed by atoms with van der Waals surface area (Å²) in [6.07, 6.45) is 1.48. The van der Waals surface area contributed by atoms with Crippen LogP contribution in [0.3, 0.4) is 0 Å². The van der Waals surface area contributed by atoms with Gasteiger partial charge in [0.15, 0.2) is 11.5 Å². The first-order chi connectivity index (χ1) is 17.4. The molecule has 0 bridgehead atoms. The molecule has 0 radical (unpaired) electrons. The molecular formula is C27H26Cl2N2O4S. The Morgan fingerprint density at radius 3 is 2.69 bits per heavy atom. The van der Waals surface area contributed by atoms with Crippen molar-refractivity contribution in [1.29, 1.82) is 0 Å². The van der Waals surface area contributed by atoms with Gasteiger partial charge in [-0.1, -0.05) is 36.2 Å². The van der Waals surface area contributed by atoms with Crippen molar-refractivity contribution in [1.82, 2.24) is 9.80 Å². The molecule has 1 aromatic heterocycles. The van der Waals surface area contributed by atoms with Crippen LogP contribution < -0.4 is 9.47 Å². The number of ether oxygens (including phenoxy) is 2. The minimum Gasteiger partial charge on any atom is -0.454 e. The Morgan fingerprint density at radius 1 is 1.11 bits per heavy atom. The van der Waals surface area contributed by atoms with Crippen LogP contribution in [0, 0.1) is 0 Å². The van der Waals surface area contributed by atoms with Gasteiger partial charge in [0.1, 0.15) is 6.54 Å². The fourth-order valence-corrected chi connectivity index (χ4v) is 6.14. The number of fused-ring (bicyclic) bond motifs is 2. The number of halogens is 2. The Labute approximate surface area is 224 Å². The first-order valence-corrected chi connectivity index (χ1v) is 13.5. The zero-order valence-electron chi connectivity index (χ0n) is 20.0. The van der Waals surface area contributed by atoms with Crippen LogP contribution in [0.5, 0.6) is 11.5 Å². The highest BCUT2D eigenvalue weighted by Gasteiger charge is 2.36. The Morgan fingerprint density at radius 2 is 1.92 bits per heavy atom. The second kappa shape index (κ2) is 10.3. The van der Waals surface area contributed by atoms with Crippen LogP contribution in [0.2, 0.25) is 10.0 Å². The Balaban J connectivity index is 1.45. The van der Waals surface area contributed by atoms with E-state index in [9.17, 15) is 9.59 Å². The maximum absolute atomic E-state index is 13.9. The summed E-state index contributed by atoms with van der Waals surface area (Å²) in [4.78, 5) is 32.2. The Kier molecular flexibility index (Phi) is 7.15. The number of rotatable bonds is 6. The van der Waals surface area contributed by atoms with E-state index in [4.69, 9.17) is 32.7 Å². The molecule has 2 aliphatic rings. The molecule has 0 saturated carbocycles. The van der Waals surface area contributed by atoms with Gasteiger partial charge in [-0.3, -0.25) is 9.59 Å². The average molecular weight is 545 g/mol. The highest BCUT2D eigenvalue weighted by atomic mass is 35.5. The maximum atomic E-state index is 13.9. The van der Waals surface area contributed by atoms with Crippen molar-refractivity contribution in [2.45, 2.75) is 38.8 Å². The van der Waals surface area contributed by atoms with Crippen LogP contribution in [0.4, 0.5) is 0 Å². The Bertz CT molecular complexity index is 1310. The molecule has 6 nitrogen and oxygen atoms in total. The molecule has 5 rings (SSSR count). The van der Waals surface area contributed by atoms with Crippen molar-refractivity contribution in [3.63, 3.8) is 0 Å². The van der Waals surface area contributed by atoms with Crippen molar-refractivity contribution in [3.8, 4) is 11.5 Å². The first-order valence-electron chi connectivity index (χ1n) is 11.9. The molecule has 0 saturated heterocycles. The lowest BCUT2D eigenvalue weighted by molar-refractivity contribution is -0.134. The second-order valence-corrected chi connectivity index (χ2v) is 10.8. The first kappa shape index (κ1) is 24.9. The summed E-state index contributed by atoms with van der Waals surface area (Å²) in [5.74, 6) is 0.803. The third-order valence-electron chi connectivity index (χ3n) is 6.85. The zero-order valence-corrected chi connectivity index (χ0v) is 22.3. The molecule has 2 atom stereocenters. The lowest BCUT2D eigenvalue weighted by Crippen LogP contribution is -2.49. The lowest BCUT2D eigenvalue weighted by Gasteiger charge is -2.38. The van der Waals surface area contributed by atoms with Crippen LogP contribution in [0.1, 0.15) is 52.7 Å². The average Bonchev–Trinajstić information content (AvgIpc) is 3.55. The van der Waals surface area contributed by atoms with Crippen LogP contribution in [-0.4, -0.2) is 47.5 Å². The minimum absolute atomic E-state index is 0.0382. The van der Waals surface area contributed by atoms with E-state index in [2.05, 4.69) is 6.07 Å². The van der Waals surface area contributed by atoms with Gasteiger partial charge < -0.3 is 19.3 Å². The molecular weight excluding hydrogens is 519 g/mol. The molecule has 3 aromatic rings. The van der Waals surface area contributed by atoms with E-state index in [1.807, 2.05) is 30.2 Å². The van der Waals surface area contributed by atoms with E-state index in [0.29, 0.717) is 40.1 Å². The van der Waals surface area contributed by atoms with E-state index in [1.165, 1.54) is 4.88 Å². The molecule has 0 spiro atoms. The van der Waals surface area contributed by atoms with E-state index in [0.717, 1.165) is 17.5 Å². The number of carbonyl (C=O) groups is 2. The molecule has 2 aromatic carbocycles. The third kappa shape index (κ3) is 4.67. The molecule has 0 aliphatic carbocycles. The quantitative estimate of drug-likeness (QED) is 0.370. The van der Waals surface area contributed by atoms with Crippen LogP contribution in [0.15, 0.2) is 47.8 Å². The van der Waals surface area contributed by atoms with Crippen LogP contribution in [0.25, 0.3) is 0 Å². The fourth-order valence-electron chi connectivity index (χ4n) is 4.72. The van der Waals surface area contributed by atoms with Crippen molar-refractivity contribution in [2.75, 3.05) is 19.9 Å². The van der Waals surface area contributed by atoms with Crippen molar-refractivity contribution < 1.29 is 19.1 Å². The maximum Gasteiger partial charge on any atom is 0.254 e. The van der Waals surface area contributed by atoms with Gasteiger partial charge in [-0.15, -0.1) is 11.3 Å². The van der Waals surface area contributed by atoms with E-state index in [1.54, 1.807) is 46.6 Å². The van der Waals surface area contributed by atoms with Crippen LogP contribution in [-0.2, 0) is 11.2 Å². The third-order valence-corrected chi connectivity index (χ3v) is 8.41. The van der Waals surface area contributed by atoms with Gasteiger partial charge in [0, 0.05) is 33.1 Å². The largest absolute Gasteiger partial charge is 0.454 e. The SMILES string of the molecule is CCC(C)N(CC(=O)N1CCc2sccc2C1c1ccc(Cl)cc1Cl)C(=O)c1ccc2c(c1)OCO2. The number of amides is 2. The smallest absolute Gasteiger partial charge is 0.254 e.